The molecule has 7 heteroatoms. The summed E-state index contributed by atoms with van der Waals surface area (Å²) in [6.07, 6.45) is 6.76. The molecular formula is C15H15N3O2S2. The third kappa shape index (κ3) is 3.40. The fraction of sp³-hybridized carbons (Fsp3) is 0.267. The minimum absolute atomic E-state index is 0.120. The molecule has 0 radical (unpaired) electrons. The summed E-state index contributed by atoms with van der Waals surface area (Å²) < 4.78 is 1.53. The first kappa shape index (κ1) is 16.3. The van der Waals surface area contributed by atoms with Crippen molar-refractivity contribution in [2.24, 2.45) is 0 Å². The predicted octanol–water partition coefficient (Wildman–Crippen LogP) is 1.87. The van der Waals surface area contributed by atoms with Crippen molar-refractivity contribution in [1.82, 2.24) is 14.9 Å². The van der Waals surface area contributed by atoms with Crippen molar-refractivity contribution in [3.05, 3.63) is 34.5 Å². The monoisotopic (exact) mass is 333 g/mol. The van der Waals surface area contributed by atoms with Crippen LogP contribution in [0.3, 0.4) is 0 Å². The molecular weight excluding hydrogens is 318 g/mol. The molecule has 0 aliphatic heterocycles. The van der Waals surface area contributed by atoms with E-state index in [0.29, 0.717) is 21.9 Å². The van der Waals surface area contributed by atoms with E-state index in [-0.39, 0.29) is 18.0 Å². The van der Waals surface area contributed by atoms with Crippen LogP contribution in [-0.4, -0.2) is 27.3 Å². The zero-order valence-electron chi connectivity index (χ0n) is 12.0. The average molecular weight is 333 g/mol. The number of allylic oxidation sites excluding steroid dienone is 1. The average Bonchev–Trinajstić information content (AvgIpc) is 2.97. The van der Waals surface area contributed by atoms with E-state index in [1.165, 1.54) is 27.7 Å². The van der Waals surface area contributed by atoms with Gasteiger partial charge in [0, 0.05) is 6.54 Å². The van der Waals surface area contributed by atoms with Gasteiger partial charge in [-0.15, -0.1) is 24.3 Å². The highest BCUT2D eigenvalue weighted by Gasteiger charge is 2.19. The van der Waals surface area contributed by atoms with Crippen molar-refractivity contribution in [2.45, 2.75) is 23.9 Å². The van der Waals surface area contributed by atoms with Crippen molar-refractivity contribution in [2.75, 3.05) is 6.54 Å². The van der Waals surface area contributed by atoms with E-state index in [1.807, 2.05) is 5.38 Å². The van der Waals surface area contributed by atoms with E-state index >= 15 is 0 Å². The Morgan fingerprint density at radius 2 is 2.50 bits per heavy atom. The molecule has 1 unspecified atom stereocenters. The molecule has 0 saturated carbocycles. The molecule has 0 fully saturated rings. The van der Waals surface area contributed by atoms with Crippen molar-refractivity contribution in [3.8, 4) is 12.3 Å². The van der Waals surface area contributed by atoms with E-state index in [9.17, 15) is 9.59 Å². The second-order valence-corrected chi connectivity index (χ2v) is 6.62. The Bertz CT molecular complexity index is 801. The maximum absolute atomic E-state index is 12.5. The van der Waals surface area contributed by atoms with Crippen molar-refractivity contribution in [1.29, 1.82) is 0 Å². The zero-order chi connectivity index (χ0) is 16.1. The smallest absolute Gasteiger partial charge is 0.263 e. The highest BCUT2D eigenvalue weighted by molar-refractivity contribution is 8.00. The molecule has 2 rings (SSSR count). The van der Waals surface area contributed by atoms with E-state index in [2.05, 4.69) is 22.8 Å². The van der Waals surface area contributed by atoms with E-state index in [0.717, 1.165) is 0 Å². The van der Waals surface area contributed by atoms with Crippen LogP contribution in [0.1, 0.15) is 6.92 Å². The van der Waals surface area contributed by atoms with E-state index in [4.69, 9.17) is 6.42 Å². The first-order valence-electron chi connectivity index (χ1n) is 6.55. The van der Waals surface area contributed by atoms with Gasteiger partial charge in [0.1, 0.15) is 4.83 Å². The second kappa shape index (κ2) is 7.29. The molecule has 1 atom stereocenters. The number of aromatic nitrogens is 2. The molecule has 2 aromatic rings. The van der Waals surface area contributed by atoms with E-state index < -0.39 is 5.25 Å². The molecule has 2 aromatic heterocycles. The number of hydrogen-bond acceptors (Lipinski definition) is 5. The molecule has 0 aliphatic carbocycles. The zero-order valence-corrected chi connectivity index (χ0v) is 13.7. The van der Waals surface area contributed by atoms with Crippen LogP contribution in [0.25, 0.3) is 10.2 Å². The van der Waals surface area contributed by atoms with Crippen LogP contribution in [-0.2, 0) is 11.3 Å². The SMILES string of the molecule is C#CCNC(=O)C(C)Sc1nc2sccc2c(=O)n1CC=C. The Hall–Kier alpha value is -2.04. The fourth-order valence-electron chi connectivity index (χ4n) is 1.80. The third-order valence-corrected chi connectivity index (χ3v) is 4.77. The molecule has 1 N–H and O–H groups in total. The topological polar surface area (TPSA) is 64.0 Å². The Morgan fingerprint density at radius 3 is 3.18 bits per heavy atom. The Kier molecular flexibility index (Phi) is 5.41. The van der Waals surface area contributed by atoms with Gasteiger partial charge in [0.2, 0.25) is 5.91 Å². The summed E-state index contributed by atoms with van der Waals surface area (Å²) in [4.78, 5) is 29.5. The number of nitrogens with one attached hydrogen (secondary N) is 1. The lowest BCUT2D eigenvalue weighted by Gasteiger charge is -2.14. The molecule has 0 bridgehead atoms. The molecule has 0 aromatic carbocycles. The van der Waals surface area contributed by atoms with Gasteiger partial charge in [-0.2, -0.15) is 0 Å². The minimum Gasteiger partial charge on any atom is -0.344 e. The van der Waals surface area contributed by atoms with Gasteiger partial charge in [-0.3, -0.25) is 14.2 Å². The van der Waals surface area contributed by atoms with Crippen molar-refractivity contribution in [3.63, 3.8) is 0 Å². The number of carbonyl (C=O) groups is 1. The maximum Gasteiger partial charge on any atom is 0.263 e. The summed E-state index contributed by atoms with van der Waals surface area (Å²) in [5.41, 5.74) is -0.120. The second-order valence-electron chi connectivity index (χ2n) is 4.42. The molecule has 0 saturated heterocycles. The van der Waals surface area contributed by atoms with Crippen LogP contribution < -0.4 is 10.9 Å². The van der Waals surface area contributed by atoms with Crippen LogP contribution in [0, 0.1) is 12.3 Å². The van der Waals surface area contributed by atoms with Gasteiger partial charge in [0.25, 0.3) is 5.56 Å². The summed E-state index contributed by atoms with van der Waals surface area (Å²) >= 11 is 2.63. The molecule has 0 aliphatic rings. The van der Waals surface area contributed by atoms with Crippen molar-refractivity contribution < 1.29 is 4.79 Å². The van der Waals surface area contributed by atoms with Gasteiger partial charge in [-0.25, -0.2) is 4.98 Å². The summed E-state index contributed by atoms with van der Waals surface area (Å²) in [6.45, 7) is 5.94. The van der Waals surface area contributed by atoms with Gasteiger partial charge in [0.15, 0.2) is 5.16 Å². The van der Waals surface area contributed by atoms with Gasteiger partial charge in [-0.05, 0) is 18.4 Å². The van der Waals surface area contributed by atoms with E-state index in [1.54, 1.807) is 19.1 Å². The predicted molar refractivity (Wildman–Crippen MR) is 91.2 cm³/mol. The third-order valence-electron chi connectivity index (χ3n) is 2.88. The quantitative estimate of drug-likeness (QED) is 0.379. The van der Waals surface area contributed by atoms with Crippen LogP contribution in [0.4, 0.5) is 0 Å². The highest BCUT2D eigenvalue weighted by Crippen LogP contribution is 2.24. The fourth-order valence-corrected chi connectivity index (χ4v) is 3.55. The van der Waals surface area contributed by atoms with Crippen LogP contribution in [0.5, 0.6) is 0 Å². The molecule has 22 heavy (non-hydrogen) atoms. The number of fused-ring (bicyclic) bond motifs is 1. The highest BCUT2D eigenvalue weighted by atomic mass is 32.2. The van der Waals surface area contributed by atoms with Crippen LogP contribution >= 0.6 is 23.1 Å². The normalized spacial score (nSPS) is 11.8. The Morgan fingerprint density at radius 1 is 1.73 bits per heavy atom. The van der Waals surface area contributed by atoms with Gasteiger partial charge < -0.3 is 5.32 Å². The molecule has 0 spiro atoms. The lowest BCUT2D eigenvalue weighted by molar-refractivity contribution is -0.120. The van der Waals surface area contributed by atoms with Crippen LogP contribution in [0.2, 0.25) is 0 Å². The molecule has 114 valence electrons. The van der Waals surface area contributed by atoms with Gasteiger partial charge in [-0.1, -0.05) is 23.8 Å². The largest absolute Gasteiger partial charge is 0.344 e. The number of thiophene rings is 1. The Balaban J connectivity index is 2.35. The summed E-state index contributed by atoms with van der Waals surface area (Å²) in [7, 11) is 0. The van der Waals surface area contributed by atoms with Crippen molar-refractivity contribution >= 4 is 39.2 Å². The maximum atomic E-state index is 12.5. The number of carbonyl (C=O) groups excluding carboxylic acids is 1. The number of hydrogen-bond donors (Lipinski definition) is 1. The number of rotatable bonds is 6. The van der Waals surface area contributed by atoms with Crippen LogP contribution in [0.15, 0.2) is 34.1 Å². The first-order chi connectivity index (χ1) is 10.6. The summed E-state index contributed by atoms with van der Waals surface area (Å²) in [6, 6.07) is 1.76. The van der Waals surface area contributed by atoms with Gasteiger partial charge in [0.05, 0.1) is 17.2 Å². The minimum atomic E-state index is -0.409. The number of nitrogens with zero attached hydrogens (tertiary/aromatic N) is 2. The Labute approximate surface area is 136 Å². The van der Waals surface area contributed by atoms with Gasteiger partial charge >= 0.3 is 0 Å². The standard InChI is InChI=1S/C15H15N3O2S2/c1-4-7-16-12(19)10(3)22-15-17-13-11(6-9-21-13)14(20)18(15)8-5-2/h1,5-6,9-10H,2,7-8H2,3H3,(H,16,19). The summed E-state index contributed by atoms with van der Waals surface area (Å²) in [5.74, 6) is 2.17. The number of amides is 1. The first-order valence-corrected chi connectivity index (χ1v) is 8.31. The number of terminal acetylenes is 1. The lowest BCUT2D eigenvalue weighted by atomic mass is 10.4. The molecule has 1 amide bonds. The molecule has 5 nitrogen and oxygen atoms in total. The molecule has 2 heterocycles. The summed E-state index contributed by atoms with van der Waals surface area (Å²) in [5, 5.41) is 5.13. The lowest BCUT2D eigenvalue weighted by Crippen LogP contribution is -2.32. The number of thioether (sulfide) groups is 1.